The Balaban J connectivity index is 2.36. The first-order chi connectivity index (χ1) is 5.83. The lowest BCUT2D eigenvalue weighted by Crippen LogP contribution is -2.05. The highest BCUT2D eigenvalue weighted by Gasteiger charge is 1.89. The van der Waals surface area contributed by atoms with Crippen LogP contribution in [0.1, 0.15) is 16.2 Å². The van der Waals surface area contributed by atoms with Gasteiger partial charge < -0.3 is 5.32 Å². The maximum absolute atomic E-state index is 3.11. The summed E-state index contributed by atoms with van der Waals surface area (Å²) in [5, 5.41) is 3.11. The lowest BCUT2D eigenvalue weighted by Gasteiger charge is -1.89. The van der Waals surface area contributed by atoms with E-state index in [0.717, 1.165) is 13.0 Å². The fourth-order valence-corrected chi connectivity index (χ4v) is 1.78. The molecule has 0 aliphatic carbocycles. The van der Waals surface area contributed by atoms with Crippen LogP contribution in [0, 0.1) is 6.92 Å². The third-order valence-electron chi connectivity index (χ3n) is 1.60. The highest BCUT2D eigenvalue weighted by Crippen LogP contribution is 2.16. The maximum atomic E-state index is 3.11. The van der Waals surface area contributed by atoms with Gasteiger partial charge in [-0.2, -0.15) is 0 Å². The number of hydrogen-bond donors (Lipinski definition) is 1. The van der Waals surface area contributed by atoms with Crippen molar-refractivity contribution in [3.63, 3.8) is 0 Å². The van der Waals surface area contributed by atoms with Crippen molar-refractivity contribution in [1.82, 2.24) is 5.32 Å². The lowest BCUT2D eigenvalue weighted by atomic mass is 10.3. The molecule has 66 valence electrons. The van der Waals surface area contributed by atoms with E-state index in [1.807, 2.05) is 18.4 Å². The van der Waals surface area contributed by atoms with Crippen LogP contribution >= 0.6 is 11.3 Å². The quantitative estimate of drug-likeness (QED) is 0.704. The second-order valence-corrected chi connectivity index (χ2v) is 4.06. The first-order valence-electron chi connectivity index (χ1n) is 4.20. The molecule has 0 aliphatic heterocycles. The van der Waals surface area contributed by atoms with Gasteiger partial charge in [-0.1, -0.05) is 6.08 Å². The van der Waals surface area contributed by atoms with Gasteiger partial charge in [-0.15, -0.1) is 11.3 Å². The molecule has 0 spiro atoms. The van der Waals surface area contributed by atoms with Gasteiger partial charge in [0.15, 0.2) is 0 Å². The summed E-state index contributed by atoms with van der Waals surface area (Å²) >= 11 is 1.84. The van der Waals surface area contributed by atoms with Crippen LogP contribution in [0.15, 0.2) is 18.2 Å². The Kier molecular flexibility index (Phi) is 4.05. The number of thiophene rings is 1. The molecule has 0 fully saturated rings. The molecule has 2 heteroatoms. The molecule has 1 N–H and O–H groups in total. The lowest BCUT2D eigenvalue weighted by molar-refractivity contribution is 0.809. The van der Waals surface area contributed by atoms with E-state index in [2.05, 4.69) is 36.5 Å². The molecule has 0 bridgehead atoms. The van der Waals surface area contributed by atoms with Crippen LogP contribution in [-0.4, -0.2) is 13.6 Å². The molecule has 1 aromatic rings. The molecule has 12 heavy (non-hydrogen) atoms. The number of nitrogens with one attached hydrogen (secondary N) is 1. The molecule has 0 amide bonds. The smallest absolute Gasteiger partial charge is 0.0269 e. The van der Waals surface area contributed by atoms with Crippen molar-refractivity contribution in [2.45, 2.75) is 13.3 Å². The van der Waals surface area contributed by atoms with E-state index in [-0.39, 0.29) is 0 Å². The van der Waals surface area contributed by atoms with Crippen LogP contribution in [0.2, 0.25) is 0 Å². The first-order valence-corrected chi connectivity index (χ1v) is 5.02. The van der Waals surface area contributed by atoms with Crippen molar-refractivity contribution >= 4 is 17.4 Å². The van der Waals surface area contributed by atoms with Crippen LogP contribution in [-0.2, 0) is 0 Å². The van der Waals surface area contributed by atoms with E-state index in [4.69, 9.17) is 0 Å². The molecule has 1 nitrogen and oxygen atoms in total. The predicted octanol–water partition coefficient (Wildman–Crippen LogP) is 2.68. The van der Waals surface area contributed by atoms with Gasteiger partial charge >= 0.3 is 0 Å². The summed E-state index contributed by atoms with van der Waals surface area (Å²) in [6, 6.07) is 4.32. The third kappa shape index (κ3) is 3.20. The average molecular weight is 181 g/mol. The third-order valence-corrected chi connectivity index (χ3v) is 2.57. The summed E-state index contributed by atoms with van der Waals surface area (Å²) in [6.07, 6.45) is 5.50. The van der Waals surface area contributed by atoms with E-state index < -0.39 is 0 Å². The van der Waals surface area contributed by atoms with Gasteiger partial charge in [0.1, 0.15) is 0 Å². The van der Waals surface area contributed by atoms with Gasteiger partial charge in [-0.05, 0) is 45.1 Å². The molecule has 1 heterocycles. The van der Waals surface area contributed by atoms with Crippen LogP contribution in [0.5, 0.6) is 0 Å². The molecular formula is C10H15NS. The highest BCUT2D eigenvalue weighted by atomic mass is 32.1. The molecule has 0 atom stereocenters. The molecular weight excluding hydrogens is 166 g/mol. The summed E-state index contributed by atoms with van der Waals surface area (Å²) in [6.45, 7) is 3.19. The van der Waals surface area contributed by atoms with Crippen molar-refractivity contribution in [1.29, 1.82) is 0 Å². The Labute approximate surface area is 78.1 Å². The first kappa shape index (κ1) is 9.49. The normalized spacial score (nSPS) is 11.2. The minimum atomic E-state index is 1.06. The van der Waals surface area contributed by atoms with Crippen molar-refractivity contribution in [2.24, 2.45) is 0 Å². The number of aryl methyl sites for hydroxylation is 1. The zero-order valence-electron chi connectivity index (χ0n) is 7.63. The number of hydrogen-bond acceptors (Lipinski definition) is 2. The Bertz CT molecular complexity index is 250. The summed E-state index contributed by atoms with van der Waals surface area (Å²) in [5.74, 6) is 0. The predicted molar refractivity (Wildman–Crippen MR) is 56.6 cm³/mol. The van der Waals surface area contributed by atoms with E-state index in [1.54, 1.807) is 0 Å². The second kappa shape index (κ2) is 5.12. The van der Waals surface area contributed by atoms with Crippen molar-refractivity contribution in [2.75, 3.05) is 13.6 Å². The highest BCUT2D eigenvalue weighted by molar-refractivity contribution is 7.12. The topological polar surface area (TPSA) is 12.0 Å². The van der Waals surface area contributed by atoms with Crippen molar-refractivity contribution in [3.8, 4) is 0 Å². The van der Waals surface area contributed by atoms with Gasteiger partial charge in [0.25, 0.3) is 0 Å². The summed E-state index contributed by atoms with van der Waals surface area (Å²) in [4.78, 5) is 2.73. The van der Waals surface area contributed by atoms with Crippen LogP contribution in [0.4, 0.5) is 0 Å². The minimum Gasteiger partial charge on any atom is -0.319 e. The van der Waals surface area contributed by atoms with E-state index in [0.29, 0.717) is 0 Å². The Morgan fingerprint density at radius 2 is 2.33 bits per heavy atom. The van der Waals surface area contributed by atoms with Crippen molar-refractivity contribution < 1.29 is 0 Å². The zero-order valence-corrected chi connectivity index (χ0v) is 8.45. The Hall–Kier alpha value is -0.600. The summed E-state index contributed by atoms with van der Waals surface area (Å²) in [7, 11) is 1.98. The van der Waals surface area contributed by atoms with E-state index in [9.17, 15) is 0 Å². The van der Waals surface area contributed by atoms with Gasteiger partial charge in [0.2, 0.25) is 0 Å². The SMILES string of the molecule is CNCCC=Cc1ccc(C)s1. The van der Waals surface area contributed by atoms with Gasteiger partial charge in [0.05, 0.1) is 0 Å². The van der Waals surface area contributed by atoms with Gasteiger partial charge in [-0.3, -0.25) is 0 Å². The van der Waals surface area contributed by atoms with E-state index >= 15 is 0 Å². The molecule has 1 aromatic heterocycles. The Morgan fingerprint density at radius 1 is 1.50 bits per heavy atom. The Morgan fingerprint density at radius 3 is 2.92 bits per heavy atom. The average Bonchev–Trinajstić information content (AvgIpc) is 2.45. The van der Waals surface area contributed by atoms with Crippen LogP contribution in [0.3, 0.4) is 0 Å². The fraction of sp³-hybridized carbons (Fsp3) is 0.400. The summed E-state index contributed by atoms with van der Waals surface area (Å²) in [5.41, 5.74) is 0. The van der Waals surface area contributed by atoms with Gasteiger partial charge in [-0.25, -0.2) is 0 Å². The monoisotopic (exact) mass is 181 g/mol. The largest absolute Gasteiger partial charge is 0.319 e. The molecule has 0 aromatic carbocycles. The molecule has 1 rings (SSSR count). The number of rotatable bonds is 4. The van der Waals surface area contributed by atoms with Crippen LogP contribution < -0.4 is 5.32 Å². The van der Waals surface area contributed by atoms with Crippen molar-refractivity contribution in [3.05, 3.63) is 28.0 Å². The van der Waals surface area contributed by atoms with Gasteiger partial charge in [0, 0.05) is 9.75 Å². The molecule has 0 saturated carbocycles. The zero-order chi connectivity index (χ0) is 8.81. The fourth-order valence-electron chi connectivity index (χ4n) is 0.970. The minimum absolute atomic E-state index is 1.06. The maximum Gasteiger partial charge on any atom is 0.0269 e. The standard InChI is InChI=1S/C10H15NS/c1-9-6-7-10(12-9)5-3-4-8-11-2/h3,5-7,11H,4,8H2,1-2H3. The second-order valence-electron chi connectivity index (χ2n) is 2.74. The van der Waals surface area contributed by atoms with E-state index in [1.165, 1.54) is 9.75 Å². The molecule has 0 radical (unpaired) electrons. The summed E-state index contributed by atoms with van der Waals surface area (Å²) < 4.78 is 0. The molecule has 0 saturated heterocycles. The van der Waals surface area contributed by atoms with Crippen LogP contribution in [0.25, 0.3) is 6.08 Å². The molecule has 0 aliphatic rings. The molecule has 0 unspecified atom stereocenters.